The van der Waals surface area contributed by atoms with Crippen LogP contribution in [0.3, 0.4) is 0 Å². The molecule has 9 heteroatoms. The standard InChI is InChI=1S/C27H30F2N2O5/c1-4-31-25(32)27(34-15-18-9-6-5-8-17(18)14-30)12-22(24-23(13-27)35-26(2,3)36-24)33-16-19-20(28)10-7-11-21(19)29/h5-11,22-24H,4,12-13,15-16H2,1-3H3,(H,31,32)/t22-,23+,24-,27+/m0/s1. The first-order valence-electron chi connectivity index (χ1n) is 12.0. The molecule has 1 N–H and O–H groups in total. The topological polar surface area (TPSA) is 89.8 Å². The van der Waals surface area contributed by atoms with E-state index < -0.39 is 41.3 Å². The van der Waals surface area contributed by atoms with Crippen molar-refractivity contribution < 1.29 is 32.5 Å². The number of amides is 1. The summed E-state index contributed by atoms with van der Waals surface area (Å²) < 4.78 is 53.0. The molecule has 4 atom stereocenters. The van der Waals surface area contributed by atoms with Gasteiger partial charge in [0.2, 0.25) is 0 Å². The van der Waals surface area contributed by atoms with E-state index in [4.69, 9.17) is 18.9 Å². The summed E-state index contributed by atoms with van der Waals surface area (Å²) in [6.07, 6.45) is -1.61. The van der Waals surface area contributed by atoms with Crippen LogP contribution in [0.15, 0.2) is 42.5 Å². The van der Waals surface area contributed by atoms with Crippen molar-refractivity contribution in [2.24, 2.45) is 0 Å². The highest BCUT2D eigenvalue weighted by atomic mass is 19.1. The summed E-state index contributed by atoms with van der Waals surface area (Å²) in [5.74, 6) is -2.72. The average Bonchev–Trinajstić information content (AvgIpc) is 3.16. The van der Waals surface area contributed by atoms with Crippen molar-refractivity contribution in [3.63, 3.8) is 0 Å². The molecule has 0 radical (unpaired) electrons. The predicted octanol–water partition coefficient (Wildman–Crippen LogP) is 4.13. The Hall–Kier alpha value is -2.90. The second-order valence-corrected chi connectivity index (χ2v) is 9.51. The number of likely N-dealkylation sites (N-methyl/N-ethyl adjacent to an activating group) is 1. The van der Waals surface area contributed by atoms with Crippen molar-refractivity contribution >= 4 is 5.91 Å². The fraction of sp³-hybridized carbons (Fsp3) is 0.481. The normalized spacial score (nSPS) is 26.7. The van der Waals surface area contributed by atoms with Gasteiger partial charge in [-0.3, -0.25) is 4.79 Å². The number of carbonyl (C=O) groups is 1. The van der Waals surface area contributed by atoms with Gasteiger partial charge in [0.15, 0.2) is 11.4 Å². The molecule has 2 fully saturated rings. The Morgan fingerprint density at radius 1 is 1.11 bits per heavy atom. The molecule has 1 aliphatic heterocycles. The first-order valence-corrected chi connectivity index (χ1v) is 12.0. The number of nitriles is 1. The SMILES string of the molecule is CCNC(=O)[C@@]1(OCc2ccccc2C#N)C[C@H](OCc2c(F)cccc2F)[C@@H]2OC(C)(C)O[C@@H]2C1. The number of ether oxygens (including phenoxy) is 4. The number of carbonyl (C=O) groups excluding carboxylic acids is 1. The molecular formula is C27H30F2N2O5. The zero-order valence-corrected chi connectivity index (χ0v) is 20.6. The van der Waals surface area contributed by atoms with Crippen LogP contribution in [0.2, 0.25) is 0 Å². The highest BCUT2D eigenvalue weighted by Gasteiger charge is 2.58. The Kier molecular flexibility index (Phi) is 7.71. The van der Waals surface area contributed by atoms with Crippen molar-refractivity contribution in [2.75, 3.05) is 6.54 Å². The minimum absolute atomic E-state index is 0.0111. The van der Waals surface area contributed by atoms with Crippen LogP contribution in [0, 0.1) is 23.0 Å². The fourth-order valence-electron chi connectivity index (χ4n) is 4.86. The molecule has 1 heterocycles. The highest BCUT2D eigenvalue weighted by molar-refractivity contribution is 5.85. The van der Waals surface area contributed by atoms with Gasteiger partial charge in [-0.1, -0.05) is 24.3 Å². The maximum atomic E-state index is 14.3. The molecule has 0 bridgehead atoms. The van der Waals surface area contributed by atoms with Gasteiger partial charge in [-0.25, -0.2) is 8.78 Å². The van der Waals surface area contributed by atoms with Gasteiger partial charge in [-0.05, 0) is 44.5 Å². The van der Waals surface area contributed by atoms with E-state index in [1.165, 1.54) is 18.2 Å². The van der Waals surface area contributed by atoms with Crippen molar-refractivity contribution in [3.8, 4) is 6.07 Å². The van der Waals surface area contributed by atoms with E-state index in [9.17, 15) is 18.8 Å². The summed E-state index contributed by atoms with van der Waals surface area (Å²) in [6, 6.07) is 12.7. The van der Waals surface area contributed by atoms with Gasteiger partial charge in [-0.2, -0.15) is 5.26 Å². The summed E-state index contributed by atoms with van der Waals surface area (Å²) >= 11 is 0. The van der Waals surface area contributed by atoms with E-state index in [2.05, 4.69) is 11.4 Å². The first-order chi connectivity index (χ1) is 17.2. The lowest BCUT2D eigenvalue weighted by atomic mass is 9.78. The molecule has 0 aromatic heterocycles. The van der Waals surface area contributed by atoms with Crippen LogP contribution in [0.1, 0.15) is 50.3 Å². The van der Waals surface area contributed by atoms with E-state index in [-0.39, 0.29) is 37.5 Å². The molecule has 2 aromatic carbocycles. The van der Waals surface area contributed by atoms with Crippen molar-refractivity contribution in [1.29, 1.82) is 5.26 Å². The number of rotatable bonds is 8. The lowest BCUT2D eigenvalue weighted by Gasteiger charge is -2.43. The van der Waals surface area contributed by atoms with Gasteiger partial charge in [-0.15, -0.1) is 0 Å². The molecule has 7 nitrogen and oxygen atoms in total. The molecule has 2 aliphatic rings. The maximum Gasteiger partial charge on any atom is 0.252 e. The van der Waals surface area contributed by atoms with E-state index in [0.29, 0.717) is 17.7 Å². The summed E-state index contributed by atoms with van der Waals surface area (Å²) in [7, 11) is 0. The van der Waals surface area contributed by atoms with E-state index in [0.717, 1.165) is 0 Å². The zero-order chi connectivity index (χ0) is 25.9. The van der Waals surface area contributed by atoms with Crippen LogP contribution in [0.4, 0.5) is 8.78 Å². The number of hydrogen-bond donors (Lipinski definition) is 1. The Morgan fingerprint density at radius 2 is 1.83 bits per heavy atom. The molecule has 2 aromatic rings. The molecule has 4 rings (SSSR count). The van der Waals surface area contributed by atoms with Crippen molar-refractivity contribution in [3.05, 3.63) is 70.8 Å². The average molecular weight is 501 g/mol. The Bertz CT molecular complexity index is 1130. The van der Waals surface area contributed by atoms with Crippen LogP contribution < -0.4 is 5.32 Å². The number of fused-ring (bicyclic) bond motifs is 1. The Morgan fingerprint density at radius 3 is 2.53 bits per heavy atom. The molecule has 36 heavy (non-hydrogen) atoms. The number of benzene rings is 2. The van der Waals surface area contributed by atoms with Crippen LogP contribution >= 0.6 is 0 Å². The van der Waals surface area contributed by atoms with Gasteiger partial charge in [0.1, 0.15) is 17.7 Å². The number of hydrogen-bond acceptors (Lipinski definition) is 6. The summed E-state index contributed by atoms with van der Waals surface area (Å²) in [4.78, 5) is 13.4. The molecule has 1 aliphatic carbocycles. The lowest BCUT2D eigenvalue weighted by Crippen LogP contribution is -2.60. The molecule has 1 saturated carbocycles. The minimum Gasteiger partial charge on any atom is -0.370 e. The van der Waals surface area contributed by atoms with Gasteiger partial charge < -0.3 is 24.3 Å². The van der Waals surface area contributed by atoms with Gasteiger partial charge >= 0.3 is 0 Å². The van der Waals surface area contributed by atoms with E-state index in [1.54, 1.807) is 45.0 Å². The third-order valence-electron chi connectivity index (χ3n) is 6.55. The van der Waals surface area contributed by atoms with Crippen LogP contribution in [0.5, 0.6) is 0 Å². The third-order valence-corrected chi connectivity index (χ3v) is 6.55. The quantitative estimate of drug-likeness (QED) is 0.586. The Labute approximate surface area is 209 Å². The molecule has 0 unspecified atom stereocenters. The van der Waals surface area contributed by atoms with Gasteiger partial charge in [0.05, 0.1) is 37.1 Å². The fourth-order valence-corrected chi connectivity index (χ4v) is 4.86. The third kappa shape index (κ3) is 5.42. The second-order valence-electron chi connectivity index (χ2n) is 9.51. The molecular weight excluding hydrogens is 470 g/mol. The molecule has 1 saturated heterocycles. The van der Waals surface area contributed by atoms with Crippen molar-refractivity contribution in [2.45, 2.75) is 76.5 Å². The second kappa shape index (κ2) is 10.6. The van der Waals surface area contributed by atoms with Gasteiger partial charge in [0.25, 0.3) is 5.91 Å². The Balaban J connectivity index is 1.64. The van der Waals surface area contributed by atoms with Gasteiger partial charge in [0, 0.05) is 24.9 Å². The predicted molar refractivity (Wildman–Crippen MR) is 125 cm³/mol. The minimum atomic E-state index is -1.37. The van der Waals surface area contributed by atoms with E-state index >= 15 is 0 Å². The molecule has 0 spiro atoms. The number of nitrogens with one attached hydrogen (secondary N) is 1. The first kappa shape index (κ1) is 26.2. The number of halogens is 2. The summed E-state index contributed by atoms with van der Waals surface area (Å²) in [5.41, 5.74) is -0.491. The van der Waals surface area contributed by atoms with Crippen LogP contribution in [0.25, 0.3) is 0 Å². The highest BCUT2D eigenvalue weighted by Crippen LogP contribution is 2.44. The zero-order valence-electron chi connectivity index (χ0n) is 20.6. The monoisotopic (exact) mass is 500 g/mol. The maximum absolute atomic E-state index is 14.3. The van der Waals surface area contributed by atoms with Crippen LogP contribution in [-0.4, -0.2) is 42.2 Å². The largest absolute Gasteiger partial charge is 0.370 e. The summed E-state index contributed by atoms with van der Waals surface area (Å²) in [5, 5.41) is 12.3. The smallest absolute Gasteiger partial charge is 0.252 e. The van der Waals surface area contributed by atoms with Crippen LogP contribution in [-0.2, 0) is 37.0 Å². The molecule has 1 amide bonds. The molecule has 192 valence electrons. The number of nitrogens with zero attached hydrogens (tertiary/aromatic N) is 1. The van der Waals surface area contributed by atoms with Crippen molar-refractivity contribution in [1.82, 2.24) is 5.32 Å². The lowest BCUT2D eigenvalue weighted by molar-refractivity contribution is -0.183. The summed E-state index contributed by atoms with van der Waals surface area (Å²) in [6.45, 7) is 5.36. The van der Waals surface area contributed by atoms with E-state index in [1.807, 2.05) is 0 Å².